The van der Waals surface area contributed by atoms with E-state index in [4.69, 9.17) is 16.3 Å². The van der Waals surface area contributed by atoms with Crippen LogP contribution in [0, 0.1) is 0 Å². The summed E-state index contributed by atoms with van der Waals surface area (Å²) in [7, 11) is -3.73. The number of sulfonamides is 1. The number of β-amino-alcohol motifs (C(OH)–C–C–N with tert-alkyl or cyclic N) is 1. The summed E-state index contributed by atoms with van der Waals surface area (Å²) < 4.78 is 33.9. The molecule has 1 aromatic rings. The van der Waals surface area contributed by atoms with E-state index in [-0.39, 0.29) is 35.8 Å². The number of carbonyl (C=O) groups is 1. The number of nitrogens with zero attached hydrogens (tertiary/aromatic N) is 3. The van der Waals surface area contributed by atoms with Crippen LogP contribution < -0.4 is 0 Å². The van der Waals surface area contributed by atoms with E-state index in [2.05, 4.69) is 4.90 Å². The molecule has 0 saturated carbocycles. The fraction of sp³-hybridized carbons (Fsp3) is 0.696. The number of amides is 1. The highest BCUT2D eigenvalue weighted by Gasteiger charge is 2.39. The summed E-state index contributed by atoms with van der Waals surface area (Å²) >= 11 is 5.93. The van der Waals surface area contributed by atoms with Crippen LogP contribution in [0.1, 0.15) is 45.4 Å². The van der Waals surface area contributed by atoms with E-state index in [1.165, 1.54) is 16.4 Å². The van der Waals surface area contributed by atoms with Gasteiger partial charge in [0, 0.05) is 43.3 Å². The van der Waals surface area contributed by atoms with Crippen molar-refractivity contribution in [2.45, 2.75) is 74.6 Å². The van der Waals surface area contributed by atoms with Gasteiger partial charge < -0.3 is 14.7 Å². The molecule has 0 radical (unpaired) electrons. The van der Waals surface area contributed by atoms with Crippen LogP contribution in [0.4, 0.5) is 4.79 Å². The number of carbonyl (C=O) groups excluding carboxylic acids is 1. The Hall–Kier alpha value is -1.39. The third-order valence-electron chi connectivity index (χ3n) is 7.18. The van der Waals surface area contributed by atoms with Crippen LogP contribution in [0.15, 0.2) is 29.2 Å². The number of aliphatic hydroxyl groups is 1. The number of halogens is 1. The largest absolute Gasteiger partial charge is 0.448 e. The molecule has 3 atom stereocenters. The van der Waals surface area contributed by atoms with Gasteiger partial charge in [-0.25, -0.2) is 13.2 Å². The lowest BCUT2D eigenvalue weighted by molar-refractivity contribution is 0.0501. The van der Waals surface area contributed by atoms with Crippen LogP contribution in [0.25, 0.3) is 0 Å². The molecule has 10 heteroatoms. The van der Waals surface area contributed by atoms with Gasteiger partial charge in [0.2, 0.25) is 10.0 Å². The number of hydrogen-bond donors (Lipinski definition) is 1. The Morgan fingerprint density at radius 2 is 1.79 bits per heavy atom. The second-order valence-corrected chi connectivity index (χ2v) is 11.7. The monoisotopic (exact) mass is 499 g/mol. The van der Waals surface area contributed by atoms with Gasteiger partial charge in [0.25, 0.3) is 0 Å². The summed E-state index contributed by atoms with van der Waals surface area (Å²) in [5.74, 6) is 0. The van der Waals surface area contributed by atoms with E-state index in [1.54, 1.807) is 17.0 Å². The molecule has 3 saturated heterocycles. The zero-order valence-corrected chi connectivity index (χ0v) is 20.7. The Balaban J connectivity index is 1.34. The minimum absolute atomic E-state index is 0.0498. The summed E-state index contributed by atoms with van der Waals surface area (Å²) in [6.07, 6.45) is 4.24. The van der Waals surface area contributed by atoms with Gasteiger partial charge in [-0.05, 0) is 63.3 Å². The molecular weight excluding hydrogens is 466 g/mol. The predicted molar refractivity (Wildman–Crippen MR) is 126 cm³/mol. The average molecular weight is 500 g/mol. The Morgan fingerprint density at radius 1 is 1.09 bits per heavy atom. The lowest BCUT2D eigenvalue weighted by atomic mass is 10.0. The fourth-order valence-corrected chi connectivity index (χ4v) is 7.34. The van der Waals surface area contributed by atoms with E-state index < -0.39 is 10.0 Å². The predicted octanol–water partition coefficient (Wildman–Crippen LogP) is 2.94. The van der Waals surface area contributed by atoms with Gasteiger partial charge in [-0.2, -0.15) is 4.31 Å². The van der Waals surface area contributed by atoms with Crippen molar-refractivity contribution in [1.29, 1.82) is 0 Å². The summed E-state index contributed by atoms with van der Waals surface area (Å²) in [4.78, 5) is 17.0. The number of benzene rings is 1. The quantitative estimate of drug-likeness (QED) is 0.670. The first-order chi connectivity index (χ1) is 15.8. The minimum atomic E-state index is -3.73. The molecule has 0 aromatic heterocycles. The number of likely N-dealkylation sites (tertiary alicyclic amines) is 2. The molecular formula is C23H34ClN3O5S. The van der Waals surface area contributed by atoms with Gasteiger partial charge in [0.15, 0.2) is 0 Å². The van der Waals surface area contributed by atoms with Gasteiger partial charge >= 0.3 is 6.09 Å². The first-order valence-corrected chi connectivity index (χ1v) is 13.7. The summed E-state index contributed by atoms with van der Waals surface area (Å²) in [5.41, 5.74) is 0. The molecule has 1 aromatic carbocycles. The van der Waals surface area contributed by atoms with Crippen LogP contribution in [-0.2, 0) is 14.8 Å². The third kappa shape index (κ3) is 5.65. The molecule has 3 aliphatic rings. The number of ether oxygens (including phenoxy) is 1. The van der Waals surface area contributed by atoms with E-state index in [0.29, 0.717) is 37.1 Å². The van der Waals surface area contributed by atoms with Crippen molar-refractivity contribution < 1.29 is 23.1 Å². The zero-order chi connectivity index (χ0) is 23.6. The molecule has 1 N–H and O–H groups in total. The number of aliphatic hydroxyl groups excluding tert-OH is 1. The van der Waals surface area contributed by atoms with Gasteiger partial charge in [0.1, 0.15) is 6.61 Å². The molecule has 3 heterocycles. The van der Waals surface area contributed by atoms with Gasteiger partial charge in [-0.15, -0.1) is 0 Å². The highest BCUT2D eigenvalue weighted by Crippen LogP contribution is 2.31. The summed E-state index contributed by atoms with van der Waals surface area (Å²) in [6, 6.07) is 6.02. The molecule has 184 valence electrons. The van der Waals surface area contributed by atoms with Gasteiger partial charge in [0.05, 0.1) is 17.0 Å². The molecule has 0 aliphatic carbocycles. The second kappa shape index (κ2) is 10.5. The number of hydrogen-bond acceptors (Lipinski definition) is 6. The lowest BCUT2D eigenvalue weighted by Crippen LogP contribution is -2.51. The van der Waals surface area contributed by atoms with E-state index in [9.17, 15) is 18.3 Å². The first-order valence-electron chi connectivity index (χ1n) is 11.9. The molecule has 0 bridgehead atoms. The van der Waals surface area contributed by atoms with E-state index >= 15 is 0 Å². The zero-order valence-electron chi connectivity index (χ0n) is 19.1. The Labute approximate surface area is 201 Å². The minimum Gasteiger partial charge on any atom is -0.448 e. The molecule has 4 rings (SSSR count). The van der Waals surface area contributed by atoms with Crippen molar-refractivity contribution in [1.82, 2.24) is 14.1 Å². The van der Waals surface area contributed by atoms with Crippen LogP contribution in [0.3, 0.4) is 0 Å². The molecule has 33 heavy (non-hydrogen) atoms. The molecule has 1 amide bonds. The Morgan fingerprint density at radius 3 is 2.42 bits per heavy atom. The molecule has 3 aliphatic heterocycles. The summed E-state index contributed by atoms with van der Waals surface area (Å²) in [6.45, 7) is 4.81. The van der Waals surface area contributed by atoms with Crippen molar-refractivity contribution in [2.75, 3.05) is 32.8 Å². The second-order valence-electron chi connectivity index (χ2n) is 9.46. The molecule has 1 unspecified atom stereocenters. The van der Waals surface area contributed by atoms with Gasteiger partial charge in [-0.1, -0.05) is 18.0 Å². The van der Waals surface area contributed by atoms with Crippen LogP contribution >= 0.6 is 11.6 Å². The van der Waals surface area contributed by atoms with Crippen molar-refractivity contribution in [3.05, 3.63) is 29.3 Å². The molecule has 0 spiro atoms. The molecule has 3 fully saturated rings. The number of piperidine rings is 2. The van der Waals surface area contributed by atoms with Crippen molar-refractivity contribution in [2.24, 2.45) is 0 Å². The van der Waals surface area contributed by atoms with Crippen LogP contribution in [0.5, 0.6) is 0 Å². The fourth-order valence-electron chi connectivity index (χ4n) is 5.35. The average Bonchev–Trinajstić information content (AvgIpc) is 3.24. The maximum Gasteiger partial charge on any atom is 0.409 e. The third-order valence-corrected chi connectivity index (χ3v) is 9.51. The lowest BCUT2D eigenvalue weighted by Gasteiger charge is -2.40. The van der Waals surface area contributed by atoms with Crippen LogP contribution in [-0.4, -0.2) is 90.7 Å². The molecule has 8 nitrogen and oxygen atoms in total. The summed E-state index contributed by atoms with van der Waals surface area (Å²) in [5, 5.41) is 10.2. The van der Waals surface area contributed by atoms with Crippen molar-refractivity contribution in [3.8, 4) is 0 Å². The Kier molecular flexibility index (Phi) is 7.85. The standard InChI is InChI=1S/C23H34ClN3O5S/c1-17-3-2-4-20(27(17)33(30,31)22-7-5-18(24)6-8-22)16-32-23(29)25-12-9-19(10-13-25)26-14-11-21(28)15-26/h5-8,17,19-21,28H,2-4,9-16H2,1H3/t17-,20-,21?/m1/s1. The highest BCUT2D eigenvalue weighted by atomic mass is 35.5. The number of rotatable bonds is 5. The van der Waals surface area contributed by atoms with Crippen molar-refractivity contribution in [3.63, 3.8) is 0 Å². The first kappa shape index (κ1) is 24.7. The van der Waals surface area contributed by atoms with E-state index in [0.717, 1.165) is 38.6 Å². The smallest absolute Gasteiger partial charge is 0.409 e. The maximum absolute atomic E-state index is 13.4. The maximum atomic E-state index is 13.4. The van der Waals surface area contributed by atoms with E-state index in [1.807, 2.05) is 6.92 Å². The Bertz CT molecular complexity index is 921. The van der Waals surface area contributed by atoms with Crippen LogP contribution in [0.2, 0.25) is 5.02 Å². The highest BCUT2D eigenvalue weighted by molar-refractivity contribution is 7.89. The van der Waals surface area contributed by atoms with Crippen molar-refractivity contribution >= 4 is 27.7 Å². The SMILES string of the molecule is C[C@@H]1CCC[C@H](COC(=O)N2CCC(N3CCC(O)C3)CC2)N1S(=O)(=O)c1ccc(Cl)cc1. The topological polar surface area (TPSA) is 90.4 Å². The van der Waals surface area contributed by atoms with Gasteiger partial charge in [-0.3, -0.25) is 4.90 Å². The normalized spacial score (nSPS) is 28.2.